The van der Waals surface area contributed by atoms with Gasteiger partial charge in [0.05, 0.1) is 16.8 Å². The van der Waals surface area contributed by atoms with Crippen LogP contribution in [0.1, 0.15) is 43.0 Å². The van der Waals surface area contributed by atoms with Crippen molar-refractivity contribution in [3.63, 3.8) is 0 Å². The molecule has 0 bridgehead atoms. The van der Waals surface area contributed by atoms with Crippen molar-refractivity contribution in [2.24, 2.45) is 0 Å². The highest BCUT2D eigenvalue weighted by Gasteiger charge is 2.39. The average molecular weight is 490 g/mol. The van der Waals surface area contributed by atoms with Gasteiger partial charge in [-0.3, -0.25) is 9.59 Å². The van der Waals surface area contributed by atoms with Crippen LogP contribution >= 0.6 is 0 Å². The topological polar surface area (TPSA) is 46.6 Å². The number of carbonyl (C=O) groups excluding carboxylic acids is 2. The summed E-state index contributed by atoms with van der Waals surface area (Å²) in [6, 6.07) is 32.1. The minimum absolute atomic E-state index is 0.325. The minimum Gasteiger partial charge on any atom is -0.457 e. The molecule has 0 atom stereocenters. The lowest BCUT2D eigenvalue weighted by Crippen LogP contribution is -2.29. The molecule has 5 aromatic carbocycles. The van der Waals surface area contributed by atoms with E-state index >= 15 is 0 Å². The Morgan fingerprint density at radius 2 is 1.34 bits per heavy atom. The normalized spacial score (nSPS) is 13.0. The van der Waals surface area contributed by atoms with Crippen LogP contribution in [0.25, 0.3) is 22.9 Å². The van der Waals surface area contributed by atoms with Crippen LogP contribution in [0.15, 0.2) is 103 Å². The summed E-state index contributed by atoms with van der Waals surface area (Å²) in [5.41, 5.74) is 5.16. The summed E-state index contributed by atoms with van der Waals surface area (Å²) in [6.07, 6.45) is 3.97. The number of amides is 2. The van der Waals surface area contributed by atoms with Crippen molar-refractivity contribution in [2.45, 2.75) is 0 Å². The third kappa shape index (κ3) is 3.57. The Morgan fingerprint density at radius 1 is 0.605 bits per heavy atom. The maximum atomic E-state index is 13.6. The summed E-state index contributed by atoms with van der Waals surface area (Å²) in [5, 5.41) is 1.44. The van der Waals surface area contributed by atoms with Crippen molar-refractivity contribution in [3.05, 3.63) is 137 Å². The van der Waals surface area contributed by atoms with E-state index in [1.807, 2.05) is 109 Å². The first-order valence-corrected chi connectivity index (χ1v) is 12.3. The van der Waals surface area contributed by atoms with Gasteiger partial charge in [0.2, 0.25) is 0 Å². The molecule has 4 nitrogen and oxygen atoms in total. The molecule has 4 heteroatoms. The van der Waals surface area contributed by atoms with Crippen molar-refractivity contribution in [1.82, 2.24) is 0 Å². The zero-order chi connectivity index (χ0) is 25.6. The number of rotatable bonds is 3. The fourth-order valence-corrected chi connectivity index (χ4v) is 4.90. The SMILES string of the molecule is O=C1c2cc(Oc3cccc(C#Cc4ccccc4)c3)c3ccccc3c2C(=O)N1c1ccc2c(c1)C=C2. The van der Waals surface area contributed by atoms with Crippen LogP contribution in [-0.4, -0.2) is 11.8 Å². The van der Waals surface area contributed by atoms with Crippen molar-refractivity contribution in [3.8, 4) is 23.3 Å². The maximum Gasteiger partial charge on any atom is 0.266 e. The molecule has 38 heavy (non-hydrogen) atoms. The van der Waals surface area contributed by atoms with Gasteiger partial charge in [-0.25, -0.2) is 4.90 Å². The summed E-state index contributed by atoms with van der Waals surface area (Å²) in [7, 11) is 0. The third-order valence-corrected chi connectivity index (χ3v) is 6.81. The van der Waals surface area contributed by atoms with E-state index in [9.17, 15) is 9.59 Å². The van der Waals surface area contributed by atoms with Crippen LogP contribution in [0.4, 0.5) is 5.69 Å². The van der Waals surface area contributed by atoms with E-state index in [2.05, 4.69) is 11.8 Å². The monoisotopic (exact) mass is 489 g/mol. The van der Waals surface area contributed by atoms with E-state index in [0.717, 1.165) is 27.6 Å². The summed E-state index contributed by atoms with van der Waals surface area (Å²) in [4.78, 5) is 28.4. The summed E-state index contributed by atoms with van der Waals surface area (Å²) in [5.74, 6) is 6.76. The number of ether oxygens (including phenoxy) is 1. The Kier molecular flexibility index (Phi) is 4.95. The van der Waals surface area contributed by atoms with E-state index < -0.39 is 0 Å². The highest BCUT2D eigenvalue weighted by atomic mass is 16.5. The molecular formula is C34H19NO3. The van der Waals surface area contributed by atoms with Crippen molar-refractivity contribution >= 4 is 40.4 Å². The van der Waals surface area contributed by atoms with Crippen molar-refractivity contribution in [2.75, 3.05) is 4.90 Å². The molecule has 1 aliphatic heterocycles. The number of imide groups is 1. The molecular weight excluding hydrogens is 470 g/mol. The van der Waals surface area contributed by atoms with Gasteiger partial charge in [-0.15, -0.1) is 0 Å². The molecule has 0 saturated carbocycles. The van der Waals surface area contributed by atoms with Gasteiger partial charge in [-0.1, -0.05) is 78.6 Å². The smallest absolute Gasteiger partial charge is 0.266 e. The van der Waals surface area contributed by atoms with E-state index in [0.29, 0.717) is 33.7 Å². The first kappa shape index (κ1) is 21.8. The number of hydrogen-bond acceptors (Lipinski definition) is 3. The Labute approximate surface area is 219 Å². The van der Waals surface area contributed by atoms with Gasteiger partial charge in [0.25, 0.3) is 11.8 Å². The molecule has 0 unspecified atom stereocenters. The minimum atomic E-state index is -0.355. The fourth-order valence-electron chi connectivity index (χ4n) is 4.90. The molecule has 178 valence electrons. The van der Waals surface area contributed by atoms with Crippen LogP contribution in [0.3, 0.4) is 0 Å². The van der Waals surface area contributed by atoms with Gasteiger partial charge in [0.15, 0.2) is 0 Å². The number of benzene rings is 5. The highest BCUT2D eigenvalue weighted by Crippen LogP contribution is 2.40. The van der Waals surface area contributed by atoms with E-state index in [-0.39, 0.29) is 11.8 Å². The molecule has 0 fully saturated rings. The Morgan fingerprint density at radius 3 is 2.13 bits per heavy atom. The Hall–Kier alpha value is -5.40. The Bertz CT molecular complexity index is 1890. The van der Waals surface area contributed by atoms with Gasteiger partial charge in [-0.2, -0.15) is 0 Å². The predicted molar refractivity (Wildman–Crippen MR) is 149 cm³/mol. The standard InChI is InChI=1S/C34H19NO3/c36-33-30-21-31(38-27-10-6-9-23(19-27)14-13-22-7-2-1-3-8-22)28-11-4-5-12-29(28)32(30)34(37)35(33)26-18-17-24-15-16-25(24)20-26/h1-12,15-21H. The second kappa shape index (κ2) is 8.62. The fraction of sp³-hybridized carbons (Fsp3) is 0. The molecule has 1 aliphatic carbocycles. The van der Waals surface area contributed by atoms with Crippen LogP contribution in [0.5, 0.6) is 11.5 Å². The van der Waals surface area contributed by atoms with Crippen LogP contribution in [0.2, 0.25) is 0 Å². The average Bonchev–Trinajstić information content (AvgIpc) is 3.18. The molecule has 0 radical (unpaired) electrons. The number of fused-ring (bicyclic) bond motifs is 4. The molecule has 1 heterocycles. The summed E-state index contributed by atoms with van der Waals surface area (Å²) < 4.78 is 6.32. The second-order valence-electron chi connectivity index (χ2n) is 9.18. The van der Waals surface area contributed by atoms with Crippen LogP contribution < -0.4 is 9.64 Å². The molecule has 0 N–H and O–H groups in total. The van der Waals surface area contributed by atoms with Crippen molar-refractivity contribution < 1.29 is 14.3 Å². The molecule has 2 aliphatic rings. The zero-order valence-electron chi connectivity index (χ0n) is 20.1. The molecule has 2 amide bonds. The number of hydrogen-bond donors (Lipinski definition) is 0. The van der Waals surface area contributed by atoms with Gasteiger partial charge in [0.1, 0.15) is 11.5 Å². The second-order valence-corrected chi connectivity index (χ2v) is 9.18. The lowest BCUT2D eigenvalue weighted by atomic mass is 9.97. The molecule has 5 aromatic rings. The first-order chi connectivity index (χ1) is 18.7. The van der Waals surface area contributed by atoms with E-state index in [1.54, 1.807) is 6.07 Å². The molecule has 7 rings (SSSR count). The number of carbonyl (C=O) groups is 2. The van der Waals surface area contributed by atoms with E-state index in [1.165, 1.54) is 4.90 Å². The molecule has 0 saturated heterocycles. The predicted octanol–water partition coefficient (Wildman–Crippen LogP) is 7.32. The van der Waals surface area contributed by atoms with Gasteiger partial charge < -0.3 is 4.74 Å². The first-order valence-electron chi connectivity index (χ1n) is 12.3. The van der Waals surface area contributed by atoms with Gasteiger partial charge in [-0.05, 0) is 65.0 Å². The summed E-state index contributed by atoms with van der Waals surface area (Å²) >= 11 is 0. The Balaban J connectivity index is 1.27. The lowest BCUT2D eigenvalue weighted by molar-refractivity contribution is 0.0926. The third-order valence-electron chi connectivity index (χ3n) is 6.81. The molecule has 0 spiro atoms. The van der Waals surface area contributed by atoms with Crippen molar-refractivity contribution in [1.29, 1.82) is 0 Å². The quantitative estimate of drug-likeness (QED) is 0.193. The van der Waals surface area contributed by atoms with E-state index in [4.69, 9.17) is 4.74 Å². The number of nitrogens with zero attached hydrogens (tertiary/aromatic N) is 1. The summed E-state index contributed by atoms with van der Waals surface area (Å²) in [6.45, 7) is 0. The van der Waals surface area contributed by atoms with Crippen LogP contribution in [-0.2, 0) is 0 Å². The number of anilines is 1. The van der Waals surface area contributed by atoms with Gasteiger partial charge >= 0.3 is 0 Å². The molecule has 0 aromatic heterocycles. The van der Waals surface area contributed by atoms with Gasteiger partial charge in [0, 0.05) is 16.5 Å². The zero-order valence-corrected chi connectivity index (χ0v) is 20.1. The lowest BCUT2D eigenvalue weighted by Gasteiger charge is -2.18. The largest absolute Gasteiger partial charge is 0.457 e. The highest BCUT2D eigenvalue weighted by molar-refractivity contribution is 6.38. The maximum absolute atomic E-state index is 13.6. The van der Waals surface area contributed by atoms with Crippen LogP contribution in [0, 0.1) is 11.8 Å².